The molecular formula is C19H22N2O2. The van der Waals surface area contributed by atoms with E-state index in [-0.39, 0.29) is 18.1 Å². The van der Waals surface area contributed by atoms with Crippen molar-refractivity contribution in [1.82, 2.24) is 9.47 Å². The third kappa shape index (κ3) is 2.79. The lowest BCUT2D eigenvalue weighted by Gasteiger charge is -2.43. The SMILES string of the molecule is O=C(c1ccc(-n2cccc2)cc1)N1CCOC2CCCCC21. The zero-order valence-corrected chi connectivity index (χ0v) is 13.2. The van der Waals surface area contributed by atoms with Gasteiger partial charge in [0, 0.05) is 30.2 Å². The average molecular weight is 310 g/mol. The van der Waals surface area contributed by atoms with Crippen molar-refractivity contribution in [3.05, 3.63) is 54.4 Å². The van der Waals surface area contributed by atoms with Crippen molar-refractivity contribution in [2.24, 2.45) is 0 Å². The van der Waals surface area contributed by atoms with Gasteiger partial charge >= 0.3 is 0 Å². The number of amides is 1. The van der Waals surface area contributed by atoms with Gasteiger partial charge in [0.05, 0.1) is 18.8 Å². The highest BCUT2D eigenvalue weighted by Crippen LogP contribution is 2.29. The van der Waals surface area contributed by atoms with Crippen LogP contribution in [0.4, 0.5) is 0 Å². The Balaban J connectivity index is 1.54. The number of nitrogens with zero attached hydrogens (tertiary/aromatic N) is 2. The maximum Gasteiger partial charge on any atom is 0.254 e. The molecule has 4 nitrogen and oxygen atoms in total. The first-order chi connectivity index (χ1) is 11.3. The number of rotatable bonds is 2. The summed E-state index contributed by atoms with van der Waals surface area (Å²) >= 11 is 0. The monoisotopic (exact) mass is 310 g/mol. The predicted octanol–water partition coefficient (Wildman–Crippen LogP) is 3.26. The first kappa shape index (κ1) is 14.5. The Kier molecular flexibility index (Phi) is 3.92. The summed E-state index contributed by atoms with van der Waals surface area (Å²) in [5, 5.41) is 0. The molecule has 2 aromatic rings. The van der Waals surface area contributed by atoms with E-state index in [2.05, 4.69) is 0 Å². The van der Waals surface area contributed by atoms with Crippen molar-refractivity contribution in [3.8, 4) is 5.69 Å². The van der Waals surface area contributed by atoms with E-state index >= 15 is 0 Å². The average Bonchev–Trinajstić information content (AvgIpc) is 3.15. The molecule has 1 aliphatic carbocycles. The number of hydrogen-bond donors (Lipinski definition) is 0. The van der Waals surface area contributed by atoms with E-state index in [1.807, 2.05) is 58.3 Å². The summed E-state index contributed by atoms with van der Waals surface area (Å²) in [4.78, 5) is 15.0. The molecule has 1 amide bonds. The fourth-order valence-electron chi connectivity index (χ4n) is 3.80. The van der Waals surface area contributed by atoms with Gasteiger partial charge in [-0.05, 0) is 49.2 Å². The standard InChI is InChI=1S/C19H22N2O2/c22-19(21-13-14-23-18-6-2-1-5-17(18)21)15-7-9-16(10-8-15)20-11-3-4-12-20/h3-4,7-12,17-18H,1-2,5-6,13-14H2. The highest BCUT2D eigenvalue weighted by Gasteiger charge is 2.36. The summed E-state index contributed by atoms with van der Waals surface area (Å²) in [6.07, 6.45) is 8.81. The Morgan fingerprint density at radius 3 is 2.57 bits per heavy atom. The highest BCUT2D eigenvalue weighted by atomic mass is 16.5. The van der Waals surface area contributed by atoms with Crippen molar-refractivity contribution in [3.63, 3.8) is 0 Å². The largest absolute Gasteiger partial charge is 0.374 e. The molecular weight excluding hydrogens is 288 g/mol. The number of carbonyl (C=O) groups is 1. The van der Waals surface area contributed by atoms with Gasteiger partial charge in [0.2, 0.25) is 0 Å². The zero-order valence-electron chi connectivity index (χ0n) is 13.2. The Morgan fingerprint density at radius 1 is 1.04 bits per heavy atom. The van der Waals surface area contributed by atoms with Crippen molar-refractivity contribution < 1.29 is 9.53 Å². The number of hydrogen-bond acceptors (Lipinski definition) is 2. The van der Waals surface area contributed by atoms with Gasteiger partial charge < -0.3 is 14.2 Å². The lowest BCUT2D eigenvalue weighted by molar-refractivity contribution is -0.0752. The minimum atomic E-state index is 0.143. The zero-order chi connectivity index (χ0) is 15.6. The highest BCUT2D eigenvalue weighted by molar-refractivity contribution is 5.94. The molecule has 0 spiro atoms. The minimum Gasteiger partial charge on any atom is -0.374 e. The lowest BCUT2D eigenvalue weighted by atomic mass is 9.89. The molecule has 0 N–H and O–H groups in total. The lowest BCUT2D eigenvalue weighted by Crippen LogP contribution is -2.54. The first-order valence-corrected chi connectivity index (χ1v) is 8.49. The van der Waals surface area contributed by atoms with Crippen LogP contribution in [0.1, 0.15) is 36.0 Å². The van der Waals surface area contributed by atoms with Gasteiger partial charge in [0.15, 0.2) is 0 Å². The van der Waals surface area contributed by atoms with Crippen LogP contribution >= 0.6 is 0 Å². The molecule has 1 saturated carbocycles. The van der Waals surface area contributed by atoms with E-state index < -0.39 is 0 Å². The van der Waals surface area contributed by atoms with Crippen LogP contribution in [0.25, 0.3) is 5.69 Å². The second-order valence-corrected chi connectivity index (χ2v) is 6.40. The Hall–Kier alpha value is -2.07. The molecule has 1 saturated heterocycles. The van der Waals surface area contributed by atoms with Crippen LogP contribution in [-0.4, -0.2) is 40.7 Å². The van der Waals surface area contributed by atoms with Gasteiger partial charge in [0.25, 0.3) is 5.91 Å². The fourth-order valence-corrected chi connectivity index (χ4v) is 3.80. The van der Waals surface area contributed by atoms with Gasteiger partial charge in [0.1, 0.15) is 0 Å². The van der Waals surface area contributed by atoms with Crippen LogP contribution in [0.2, 0.25) is 0 Å². The molecule has 1 aromatic carbocycles. The van der Waals surface area contributed by atoms with Crippen molar-refractivity contribution in [2.75, 3.05) is 13.2 Å². The van der Waals surface area contributed by atoms with Gasteiger partial charge in [-0.25, -0.2) is 0 Å². The summed E-state index contributed by atoms with van der Waals surface area (Å²) in [5.74, 6) is 0.143. The molecule has 4 rings (SSSR count). The minimum absolute atomic E-state index is 0.143. The molecule has 1 aromatic heterocycles. The van der Waals surface area contributed by atoms with E-state index in [9.17, 15) is 4.79 Å². The smallest absolute Gasteiger partial charge is 0.254 e. The third-order valence-electron chi connectivity index (χ3n) is 5.01. The number of morpholine rings is 1. The van der Waals surface area contributed by atoms with Gasteiger partial charge in [-0.3, -0.25) is 4.79 Å². The van der Waals surface area contributed by atoms with E-state index in [0.29, 0.717) is 13.2 Å². The maximum absolute atomic E-state index is 12.9. The first-order valence-electron chi connectivity index (χ1n) is 8.49. The number of fused-ring (bicyclic) bond motifs is 1. The molecule has 120 valence electrons. The molecule has 2 fully saturated rings. The summed E-state index contributed by atoms with van der Waals surface area (Å²) < 4.78 is 7.91. The van der Waals surface area contributed by atoms with E-state index in [0.717, 1.165) is 24.1 Å². The maximum atomic E-state index is 12.9. The molecule has 23 heavy (non-hydrogen) atoms. The predicted molar refractivity (Wildman–Crippen MR) is 88.8 cm³/mol. The molecule has 0 bridgehead atoms. The van der Waals surface area contributed by atoms with Crippen LogP contribution < -0.4 is 0 Å². The molecule has 2 aliphatic rings. The van der Waals surface area contributed by atoms with Gasteiger partial charge in [-0.2, -0.15) is 0 Å². The molecule has 4 heteroatoms. The molecule has 2 unspecified atom stereocenters. The van der Waals surface area contributed by atoms with Crippen molar-refractivity contribution in [2.45, 2.75) is 37.8 Å². The van der Waals surface area contributed by atoms with Crippen LogP contribution in [0.3, 0.4) is 0 Å². The number of carbonyl (C=O) groups excluding carboxylic acids is 1. The van der Waals surface area contributed by atoms with Crippen molar-refractivity contribution >= 4 is 5.91 Å². The van der Waals surface area contributed by atoms with E-state index in [4.69, 9.17) is 4.74 Å². The summed E-state index contributed by atoms with van der Waals surface area (Å²) in [6, 6.07) is 12.1. The fraction of sp³-hybridized carbons (Fsp3) is 0.421. The van der Waals surface area contributed by atoms with Crippen LogP contribution in [0.5, 0.6) is 0 Å². The number of benzene rings is 1. The van der Waals surface area contributed by atoms with Crippen LogP contribution in [-0.2, 0) is 4.74 Å². The Labute approximate surface area is 136 Å². The molecule has 1 aliphatic heterocycles. The van der Waals surface area contributed by atoms with Crippen molar-refractivity contribution in [1.29, 1.82) is 0 Å². The Morgan fingerprint density at radius 2 is 1.78 bits per heavy atom. The Bertz CT molecular complexity index is 661. The third-order valence-corrected chi connectivity index (χ3v) is 5.01. The van der Waals surface area contributed by atoms with Gasteiger partial charge in [-0.1, -0.05) is 12.8 Å². The topological polar surface area (TPSA) is 34.5 Å². The van der Waals surface area contributed by atoms with E-state index in [1.54, 1.807) is 0 Å². The summed E-state index contributed by atoms with van der Waals surface area (Å²) in [6.45, 7) is 1.37. The molecule has 0 radical (unpaired) electrons. The summed E-state index contributed by atoms with van der Waals surface area (Å²) in [5.41, 5.74) is 1.84. The van der Waals surface area contributed by atoms with Crippen LogP contribution in [0.15, 0.2) is 48.8 Å². The quantitative estimate of drug-likeness (QED) is 0.853. The van der Waals surface area contributed by atoms with Crippen LogP contribution in [0, 0.1) is 0 Å². The normalized spacial score (nSPS) is 24.3. The van der Waals surface area contributed by atoms with Gasteiger partial charge in [-0.15, -0.1) is 0 Å². The molecule has 2 atom stereocenters. The number of aromatic nitrogens is 1. The second kappa shape index (κ2) is 6.20. The summed E-state index contributed by atoms with van der Waals surface area (Å²) in [7, 11) is 0. The second-order valence-electron chi connectivity index (χ2n) is 6.40. The molecule has 2 heterocycles. The number of ether oxygens (including phenoxy) is 1. The van der Waals surface area contributed by atoms with E-state index in [1.165, 1.54) is 12.8 Å².